The van der Waals surface area contributed by atoms with E-state index in [2.05, 4.69) is 0 Å². The Labute approximate surface area is 85.9 Å². The van der Waals surface area contributed by atoms with Crippen LogP contribution in [0.4, 0.5) is 0 Å². The molecule has 1 aromatic rings. The molecular formula is C10H9O5-. The molecule has 0 aromatic heterocycles. The van der Waals surface area contributed by atoms with Crippen molar-refractivity contribution in [3.8, 4) is 17.2 Å². The van der Waals surface area contributed by atoms with Gasteiger partial charge in [-0.15, -0.1) is 0 Å². The maximum Gasteiger partial charge on any atom is 0.328 e. The molecule has 0 atom stereocenters. The Kier molecular flexibility index (Phi) is 3.17. The summed E-state index contributed by atoms with van der Waals surface area (Å²) in [4.78, 5) is 10.2. The van der Waals surface area contributed by atoms with Gasteiger partial charge in [-0.2, -0.15) is 0 Å². The van der Waals surface area contributed by atoms with Crippen molar-refractivity contribution in [1.29, 1.82) is 0 Å². The molecule has 0 aliphatic carbocycles. The number of hydrogen-bond donors (Lipinski definition) is 2. The second-order valence-electron chi connectivity index (χ2n) is 2.73. The number of benzene rings is 1. The summed E-state index contributed by atoms with van der Waals surface area (Å²) >= 11 is 0. The lowest BCUT2D eigenvalue weighted by molar-refractivity contribution is -0.268. The molecule has 0 saturated heterocycles. The molecule has 0 heterocycles. The highest BCUT2D eigenvalue weighted by atomic mass is 16.5. The van der Waals surface area contributed by atoms with Gasteiger partial charge in [-0.25, -0.2) is 4.79 Å². The molecule has 0 saturated carbocycles. The fraction of sp³-hybridized carbons (Fsp3) is 0.100. The van der Waals surface area contributed by atoms with E-state index in [0.717, 1.165) is 18.2 Å². The number of ether oxygens (including phenoxy) is 1. The SMILES string of the molecule is COc1cc(/C=C/C(=O)O)c([O-])cc1O. The third-order valence-electron chi connectivity index (χ3n) is 1.72. The van der Waals surface area contributed by atoms with Gasteiger partial charge in [-0.05, 0) is 23.8 Å². The van der Waals surface area contributed by atoms with Crippen LogP contribution < -0.4 is 9.84 Å². The first-order valence-corrected chi connectivity index (χ1v) is 4.03. The molecule has 5 nitrogen and oxygen atoms in total. The quantitative estimate of drug-likeness (QED) is 0.710. The van der Waals surface area contributed by atoms with Crippen molar-refractivity contribution >= 4 is 12.0 Å². The van der Waals surface area contributed by atoms with Crippen LogP contribution in [0.5, 0.6) is 17.2 Å². The third-order valence-corrected chi connectivity index (χ3v) is 1.72. The second-order valence-corrected chi connectivity index (χ2v) is 2.73. The van der Waals surface area contributed by atoms with Crippen molar-refractivity contribution in [2.45, 2.75) is 0 Å². The van der Waals surface area contributed by atoms with E-state index >= 15 is 0 Å². The molecule has 0 aliphatic rings. The number of carboxylic acids is 1. The minimum absolute atomic E-state index is 0.125. The molecule has 0 bridgehead atoms. The van der Waals surface area contributed by atoms with Gasteiger partial charge in [0.05, 0.1) is 7.11 Å². The summed E-state index contributed by atoms with van der Waals surface area (Å²) in [6, 6.07) is 2.25. The molecule has 5 heteroatoms. The predicted molar refractivity (Wildman–Crippen MR) is 50.8 cm³/mol. The highest BCUT2D eigenvalue weighted by Crippen LogP contribution is 2.32. The summed E-state index contributed by atoms with van der Waals surface area (Å²) in [6.07, 6.45) is 1.99. The van der Waals surface area contributed by atoms with Crippen LogP contribution in [0, 0.1) is 0 Å². The van der Waals surface area contributed by atoms with Crippen molar-refractivity contribution in [1.82, 2.24) is 0 Å². The van der Waals surface area contributed by atoms with E-state index in [1.165, 1.54) is 13.2 Å². The van der Waals surface area contributed by atoms with Gasteiger partial charge in [0.15, 0.2) is 11.5 Å². The monoisotopic (exact) mass is 209 g/mol. The predicted octanol–water partition coefficient (Wildman–Crippen LogP) is 0.572. The van der Waals surface area contributed by atoms with E-state index in [-0.39, 0.29) is 17.1 Å². The Morgan fingerprint density at radius 2 is 2.20 bits per heavy atom. The Morgan fingerprint density at radius 3 is 2.73 bits per heavy atom. The van der Waals surface area contributed by atoms with Crippen LogP contribution >= 0.6 is 0 Å². The molecule has 0 fully saturated rings. The van der Waals surface area contributed by atoms with Crippen LogP contribution in [0.15, 0.2) is 18.2 Å². The maximum atomic E-state index is 11.3. The van der Waals surface area contributed by atoms with Gasteiger partial charge in [0.25, 0.3) is 0 Å². The van der Waals surface area contributed by atoms with E-state index in [9.17, 15) is 15.0 Å². The van der Waals surface area contributed by atoms with Crippen LogP contribution in [-0.2, 0) is 4.79 Å². The van der Waals surface area contributed by atoms with Crippen LogP contribution in [0.3, 0.4) is 0 Å². The molecule has 15 heavy (non-hydrogen) atoms. The number of rotatable bonds is 3. The number of carbonyl (C=O) groups is 1. The number of methoxy groups -OCH3 is 1. The number of phenols is 1. The lowest BCUT2D eigenvalue weighted by atomic mass is 10.1. The molecule has 1 rings (SSSR count). The van der Waals surface area contributed by atoms with E-state index < -0.39 is 11.7 Å². The summed E-state index contributed by atoms with van der Waals surface area (Å²) in [5.74, 6) is -1.76. The Morgan fingerprint density at radius 1 is 1.53 bits per heavy atom. The molecule has 0 aliphatic heterocycles. The fourth-order valence-corrected chi connectivity index (χ4v) is 1.02. The molecule has 0 amide bonds. The minimum atomic E-state index is -1.15. The molecule has 0 spiro atoms. The summed E-state index contributed by atoms with van der Waals surface area (Å²) in [7, 11) is 1.34. The van der Waals surface area contributed by atoms with Gasteiger partial charge in [0.1, 0.15) is 0 Å². The van der Waals surface area contributed by atoms with Crippen molar-refractivity contribution in [2.24, 2.45) is 0 Å². The molecule has 0 unspecified atom stereocenters. The fourth-order valence-electron chi connectivity index (χ4n) is 1.02. The van der Waals surface area contributed by atoms with Crippen LogP contribution in [0.2, 0.25) is 0 Å². The number of aliphatic carboxylic acids is 1. The zero-order valence-corrected chi connectivity index (χ0v) is 7.93. The normalized spacial score (nSPS) is 10.5. The minimum Gasteiger partial charge on any atom is -0.872 e. The van der Waals surface area contributed by atoms with Crippen molar-refractivity contribution in [3.05, 3.63) is 23.8 Å². The lowest BCUT2D eigenvalue weighted by Gasteiger charge is -2.13. The first kappa shape index (κ1) is 10.9. The van der Waals surface area contributed by atoms with E-state index in [4.69, 9.17) is 9.84 Å². The zero-order chi connectivity index (χ0) is 11.4. The highest BCUT2D eigenvalue weighted by molar-refractivity contribution is 5.86. The van der Waals surface area contributed by atoms with Crippen molar-refractivity contribution in [2.75, 3.05) is 7.11 Å². The second kappa shape index (κ2) is 4.36. The standard InChI is InChI=1S/C10H10O5/c1-15-9-4-6(2-3-10(13)14)7(11)5-8(9)12/h2-5,11-12H,1H3,(H,13,14)/p-1/b3-2+. The Hall–Kier alpha value is -2.17. The van der Waals surface area contributed by atoms with Crippen LogP contribution in [0.25, 0.3) is 6.08 Å². The number of hydrogen-bond acceptors (Lipinski definition) is 4. The summed E-state index contributed by atoms with van der Waals surface area (Å²) < 4.78 is 4.78. The van der Waals surface area contributed by atoms with Crippen molar-refractivity contribution in [3.63, 3.8) is 0 Å². The van der Waals surface area contributed by atoms with Gasteiger partial charge >= 0.3 is 5.97 Å². The smallest absolute Gasteiger partial charge is 0.328 e. The molecular weight excluding hydrogens is 200 g/mol. The number of carboxylic acid groups (broad SMARTS) is 1. The molecule has 80 valence electrons. The van der Waals surface area contributed by atoms with E-state index in [1.807, 2.05) is 0 Å². The van der Waals surface area contributed by atoms with Gasteiger partial charge < -0.3 is 20.1 Å². The van der Waals surface area contributed by atoms with E-state index in [0.29, 0.717) is 0 Å². The van der Waals surface area contributed by atoms with Crippen molar-refractivity contribution < 1.29 is 24.9 Å². The Balaban J connectivity index is 3.13. The highest BCUT2D eigenvalue weighted by Gasteiger charge is 2.02. The summed E-state index contributed by atoms with van der Waals surface area (Å²) in [5.41, 5.74) is 0.145. The van der Waals surface area contributed by atoms with Gasteiger partial charge in [-0.3, -0.25) is 0 Å². The summed E-state index contributed by atoms with van der Waals surface area (Å²) in [5, 5.41) is 28.9. The van der Waals surface area contributed by atoms with Gasteiger partial charge in [-0.1, -0.05) is 5.75 Å². The third kappa shape index (κ3) is 2.63. The number of aromatic hydroxyl groups is 1. The summed E-state index contributed by atoms with van der Waals surface area (Å²) in [6.45, 7) is 0. The number of phenolic OH excluding ortho intramolecular Hbond substituents is 1. The first-order valence-electron chi connectivity index (χ1n) is 4.03. The first-order chi connectivity index (χ1) is 7.04. The molecule has 0 radical (unpaired) electrons. The average molecular weight is 209 g/mol. The Bertz CT molecular complexity index is 409. The van der Waals surface area contributed by atoms with Gasteiger partial charge in [0.2, 0.25) is 0 Å². The molecule has 1 aromatic carbocycles. The van der Waals surface area contributed by atoms with Crippen LogP contribution in [0.1, 0.15) is 5.56 Å². The van der Waals surface area contributed by atoms with Gasteiger partial charge in [0, 0.05) is 6.08 Å². The lowest BCUT2D eigenvalue weighted by Crippen LogP contribution is -1.95. The van der Waals surface area contributed by atoms with Crippen LogP contribution in [-0.4, -0.2) is 23.3 Å². The molecule has 2 N–H and O–H groups in total. The van der Waals surface area contributed by atoms with E-state index in [1.54, 1.807) is 0 Å². The average Bonchev–Trinajstić information content (AvgIpc) is 2.16. The zero-order valence-electron chi connectivity index (χ0n) is 7.93. The topological polar surface area (TPSA) is 89.8 Å². The maximum absolute atomic E-state index is 11.3. The largest absolute Gasteiger partial charge is 0.872 e.